The zero-order valence-corrected chi connectivity index (χ0v) is 18.4. The van der Waals surface area contributed by atoms with Crippen LogP contribution in [0.4, 0.5) is 0 Å². The molecule has 0 N–H and O–H groups in total. The van der Waals surface area contributed by atoms with Gasteiger partial charge in [-0.25, -0.2) is 0 Å². The van der Waals surface area contributed by atoms with E-state index in [1.165, 1.54) is 11.1 Å². The van der Waals surface area contributed by atoms with E-state index in [2.05, 4.69) is 60.0 Å². The van der Waals surface area contributed by atoms with Crippen molar-refractivity contribution in [2.24, 2.45) is 0 Å². The standard InChI is InChI=1S/C25H35N3O2/c1-3-27(19-23-10-6-4-7-11-23)25(29)21-28(20-24-12-8-5-9-13-24)22(2)18-26-14-16-30-17-15-26/h4-13,22H,3,14-21H2,1-2H3. The molecular formula is C25H35N3O2. The fourth-order valence-corrected chi connectivity index (χ4v) is 3.91. The van der Waals surface area contributed by atoms with Crippen molar-refractivity contribution in [3.8, 4) is 0 Å². The largest absolute Gasteiger partial charge is 0.379 e. The molecule has 5 nitrogen and oxygen atoms in total. The first-order chi connectivity index (χ1) is 14.7. The lowest BCUT2D eigenvalue weighted by atomic mass is 10.1. The van der Waals surface area contributed by atoms with Gasteiger partial charge < -0.3 is 9.64 Å². The molecule has 0 saturated carbocycles. The first-order valence-electron chi connectivity index (χ1n) is 11.1. The van der Waals surface area contributed by atoms with Gasteiger partial charge in [0.25, 0.3) is 0 Å². The summed E-state index contributed by atoms with van der Waals surface area (Å²) in [5, 5.41) is 0. The minimum absolute atomic E-state index is 0.186. The third-order valence-corrected chi connectivity index (χ3v) is 5.77. The summed E-state index contributed by atoms with van der Waals surface area (Å²) in [4.78, 5) is 19.9. The molecule has 2 aromatic carbocycles. The van der Waals surface area contributed by atoms with Crippen molar-refractivity contribution in [1.29, 1.82) is 0 Å². The molecule has 1 aliphatic heterocycles. The summed E-state index contributed by atoms with van der Waals surface area (Å²) in [6, 6.07) is 21.0. The van der Waals surface area contributed by atoms with Gasteiger partial charge in [-0.3, -0.25) is 14.6 Å². The van der Waals surface area contributed by atoms with Gasteiger partial charge in [0.05, 0.1) is 19.8 Å². The number of carbonyl (C=O) groups excluding carboxylic acids is 1. The Bertz CT molecular complexity index is 748. The van der Waals surface area contributed by atoms with E-state index in [9.17, 15) is 4.79 Å². The molecule has 3 rings (SSSR count). The van der Waals surface area contributed by atoms with E-state index in [0.29, 0.717) is 19.6 Å². The number of benzene rings is 2. The maximum absolute atomic E-state index is 13.2. The lowest BCUT2D eigenvalue weighted by molar-refractivity contribution is -0.133. The predicted molar refractivity (Wildman–Crippen MR) is 121 cm³/mol. The minimum Gasteiger partial charge on any atom is -0.379 e. The number of ether oxygens (including phenoxy) is 1. The van der Waals surface area contributed by atoms with Crippen LogP contribution in [-0.2, 0) is 22.6 Å². The van der Waals surface area contributed by atoms with Crippen LogP contribution in [0.2, 0.25) is 0 Å². The van der Waals surface area contributed by atoms with Crippen LogP contribution >= 0.6 is 0 Å². The van der Waals surface area contributed by atoms with Gasteiger partial charge in [0.1, 0.15) is 0 Å². The van der Waals surface area contributed by atoms with Crippen molar-refractivity contribution in [3.63, 3.8) is 0 Å². The van der Waals surface area contributed by atoms with Gasteiger partial charge >= 0.3 is 0 Å². The number of morpholine rings is 1. The van der Waals surface area contributed by atoms with Crippen LogP contribution in [0.15, 0.2) is 60.7 Å². The zero-order chi connectivity index (χ0) is 21.2. The fourth-order valence-electron chi connectivity index (χ4n) is 3.91. The molecule has 1 aliphatic rings. The molecule has 1 heterocycles. The molecule has 1 amide bonds. The van der Waals surface area contributed by atoms with E-state index in [4.69, 9.17) is 4.74 Å². The van der Waals surface area contributed by atoms with E-state index in [-0.39, 0.29) is 11.9 Å². The molecule has 162 valence electrons. The Morgan fingerprint density at radius 1 is 0.967 bits per heavy atom. The van der Waals surface area contributed by atoms with Gasteiger partial charge in [-0.1, -0.05) is 60.7 Å². The van der Waals surface area contributed by atoms with Gasteiger partial charge in [-0.05, 0) is 25.0 Å². The van der Waals surface area contributed by atoms with E-state index >= 15 is 0 Å². The first kappa shape index (κ1) is 22.5. The molecule has 30 heavy (non-hydrogen) atoms. The number of carbonyl (C=O) groups is 1. The highest BCUT2D eigenvalue weighted by Gasteiger charge is 2.23. The molecule has 0 bridgehead atoms. The summed E-state index contributed by atoms with van der Waals surface area (Å²) in [7, 11) is 0. The van der Waals surface area contributed by atoms with Crippen molar-refractivity contribution < 1.29 is 9.53 Å². The predicted octanol–water partition coefficient (Wildman–Crippen LogP) is 3.26. The summed E-state index contributed by atoms with van der Waals surface area (Å²) in [6.45, 7) is 11.3. The van der Waals surface area contributed by atoms with Crippen molar-refractivity contribution in [3.05, 3.63) is 71.8 Å². The Kier molecular flexibility index (Phi) is 8.87. The summed E-state index contributed by atoms with van der Waals surface area (Å²) < 4.78 is 5.49. The van der Waals surface area contributed by atoms with Crippen LogP contribution in [0.5, 0.6) is 0 Å². The maximum Gasteiger partial charge on any atom is 0.237 e. The second-order valence-electron chi connectivity index (χ2n) is 8.05. The van der Waals surface area contributed by atoms with Crippen LogP contribution in [0.1, 0.15) is 25.0 Å². The van der Waals surface area contributed by atoms with E-state index in [1.54, 1.807) is 0 Å². The Morgan fingerprint density at radius 3 is 2.10 bits per heavy atom. The van der Waals surface area contributed by atoms with Crippen molar-refractivity contribution in [2.75, 3.05) is 45.9 Å². The minimum atomic E-state index is 0.186. The lowest BCUT2D eigenvalue weighted by Crippen LogP contribution is -2.49. The highest BCUT2D eigenvalue weighted by molar-refractivity contribution is 5.78. The summed E-state index contributed by atoms with van der Waals surface area (Å²) in [5.41, 5.74) is 2.41. The molecule has 1 atom stereocenters. The molecule has 1 fully saturated rings. The van der Waals surface area contributed by atoms with Crippen molar-refractivity contribution in [2.45, 2.75) is 33.0 Å². The number of likely N-dealkylation sites (N-methyl/N-ethyl adjacent to an activating group) is 1. The molecule has 1 saturated heterocycles. The SMILES string of the molecule is CCN(Cc1ccccc1)C(=O)CN(Cc1ccccc1)C(C)CN1CCOCC1. The second kappa shape index (κ2) is 11.8. The summed E-state index contributed by atoms with van der Waals surface area (Å²) in [6.07, 6.45) is 0. The molecule has 0 aromatic heterocycles. The number of nitrogens with zero attached hydrogens (tertiary/aromatic N) is 3. The molecule has 1 unspecified atom stereocenters. The summed E-state index contributed by atoms with van der Waals surface area (Å²) in [5.74, 6) is 0.186. The van der Waals surface area contributed by atoms with E-state index < -0.39 is 0 Å². The Balaban J connectivity index is 1.67. The number of hydrogen-bond donors (Lipinski definition) is 0. The average molecular weight is 410 g/mol. The number of amides is 1. The van der Waals surface area contributed by atoms with Gasteiger partial charge in [-0.15, -0.1) is 0 Å². The Hall–Kier alpha value is -2.21. The normalized spacial score (nSPS) is 15.8. The van der Waals surface area contributed by atoms with Crippen LogP contribution in [0.25, 0.3) is 0 Å². The van der Waals surface area contributed by atoms with E-state index in [0.717, 1.165) is 39.4 Å². The molecular weight excluding hydrogens is 374 g/mol. The van der Waals surface area contributed by atoms with Gasteiger partial charge in [0.15, 0.2) is 0 Å². The van der Waals surface area contributed by atoms with Crippen LogP contribution in [-0.4, -0.2) is 72.6 Å². The highest BCUT2D eigenvalue weighted by Crippen LogP contribution is 2.13. The molecule has 0 radical (unpaired) electrons. The Morgan fingerprint density at radius 2 is 1.53 bits per heavy atom. The quantitative estimate of drug-likeness (QED) is 0.604. The first-order valence-corrected chi connectivity index (χ1v) is 11.1. The molecule has 0 aliphatic carbocycles. The summed E-state index contributed by atoms with van der Waals surface area (Å²) >= 11 is 0. The maximum atomic E-state index is 13.2. The third-order valence-electron chi connectivity index (χ3n) is 5.77. The van der Waals surface area contributed by atoms with Crippen LogP contribution in [0.3, 0.4) is 0 Å². The third kappa shape index (κ3) is 6.94. The van der Waals surface area contributed by atoms with Gasteiger partial charge in [-0.2, -0.15) is 0 Å². The van der Waals surface area contributed by atoms with Crippen molar-refractivity contribution in [1.82, 2.24) is 14.7 Å². The second-order valence-corrected chi connectivity index (χ2v) is 8.05. The smallest absolute Gasteiger partial charge is 0.237 e. The van der Waals surface area contributed by atoms with Gasteiger partial charge in [0, 0.05) is 45.3 Å². The van der Waals surface area contributed by atoms with Crippen molar-refractivity contribution >= 4 is 5.91 Å². The highest BCUT2D eigenvalue weighted by atomic mass is 16.5. The molecule has 5 heteroatoms. The van der Waals surface area contributed by atoms with Gasteiger partial charge in [0.2, 0.25) is 5.91 Å². The monoisotopic (exact) mass is 409 g/mol. The zero-order valence-electron chi connectivity index (χ0n) is 18.4. The lowest BCUT2D eigenvalue weighted by Gasteiger charge is -2.35. The molecule has 2 aromatic rings. The number of hydrogen-bond acceptors (Lipinski definition) is 4. The molecule has 0 spiro atoms. The Labute approximate surface area is 181 Å². The van der Waals surface area contributed by atoms with E-state index in [1.807, 2.05) is 29.2 Å². The van der Waals surface area contributed by atoms with Crippen LogP contribution < -0.4 is 0 Å². The fraction of sp³-hybridized carbons (Fsp3) is 0.480. The number of rotatable bonds is 10. The van der Waals surface area contributed by atoms with Crippen LogP contribution in [0, 0.1) is 0 Å². The average Bonchev–Trinajstić information content (AvgIpc) is 2.79. The topological polar surface area (TPSA) is 36.0 Å².